The number of Topliss-reactive ketones (excluding diaryl/α,β-unsaturated/α-hetero) is 4. The van der Waals surface area contributed by atoms with Gasteiger partial charge in [0, 0.05) is 36.7 Å². The van der Waals surface area contributed by atoms with Crippen LogP contribution in [-0.4, -0.2) is 96.8 Å². The molecule has 7 atom stereocenters. The number of aromatic hydroxyl groups is 1. The molecule has 4 aliphatic rings. The van der Waals surface area contributed by atoms with E-state index in [4.69, 9.17) is 15.2 Å². The van der Waals surface area contributed by atoms with E-state index in [1.54, 1.807) is 14.1 Å². The number of nitrogens with one attached hydrogen (secondary N) is 1. The van der Waals surface area contributed by atoms with Crippen LogP contribution in [-0.2, 0) is 36.9 Å². The third-order valence-electron chi connectivity index (χ3n) is 9.07. The van der Waals surface area contributed by atoms with Gasteiger partial charge in [-0.2, -0.15) is 0 Å². The van der Waals surface area contributed by atoms with Crippen LogP contribution >= 0.6 is 0 Å². The maximum Gasteiger partial charge on any atom is 0.235 e. The predicted octanol–water partition coefficient (Wildman–Crippen LogP) is -0.998. The lowest BCUT2D eigenvalue weighted by Gasteiger charge is -2.52. The van der Waals surface area contributed by atoms with E-state index in [1.807, 2.05) is 0 Å². The minimum atomic E-state index is -2.75. The highest BCUT2D eigenvalue weighted by Crippen LogP contribution is 2.52. The molecule has 0 spiro atoms. The number of carbonyl (C=O) groups is 5. The van der Waals surface area contributed by atoms with Crippen molar-refractivity contribution in [1.82, 2.24) is 10.2 Å². The molecule has 2 saturated carbocycles. The molecule has 5 N–H and O–H groups in total. The van der Waals surface area contributed by atoms with Gasteiger partial charge in [0.1, 0.15) is 11.5 Å². The first-order chi connectivity index (χ1) is 18.9. The molecule has 40 heavy (non-hydrogen) atoms. The van der Waals surface area contributed by atoms with Gasteiger partial charge in [0.25, 0.3) is 0 Å². The molecule has 3 fully saturated rings. The Morgan fingerprint density at radius 3 is 2.58 bits per heavy atom. The lowest BCUT2D eigenvalue weighted by Crippen LogP contribution is -2.74. The Hall–Kier alpha value is -3.19. The zero-order valence-corrected chi connectivity index (χ0v) is 22.8. The fourth-order valence-electron chi connectivity index (χ4n) is 7.26. The van der Waals surface area contributed by atoms with Gasteiger partial charge >= 0.3 is 0 Å². The van der Waals surface area contributed by atoms with Gasteiger partial charge in [-0.3, -0.25) is 28.9 Å². The van der Waals surface area contributed by atoms with Crippen molar-refractivity contribution < 1.29 is 43.7 Å². The molecule has 1 saturated heterocycles. The number of nitrogens with two attached hydrogens (primary N) is 1. The van der Waals surface area contributed by atoms with Crippen molar-refractivity contribution in [1.29, 1.82) is 0 Å². The Kier molecular flexibility index (Phi) is 7.32. The molecule has 3 unspecified atom stereocenters. The van der Waals surface area contributed by atoms with E-state index < -0.39 is 64.4 Å². The van der Waals surface area contributed by atoms with Gasteiger partial charge in [-0.1, -0.05) is 0 Å². The summed E-state index contributed by atoms with van der Waals surface area (Å²) in [5.41, 5.74) is 3.60. The van der Waals surface area contributed by atoms with E-state index in [0.717, 1.165) is 13.0 Å². The van der Waals surface area contributed by atoms with Crippen LogP contribution in [0.15, 0.2) is 6.07 Å². The van der Waals surface area contributed by atoms with E-state index in [2.05, 4.69) is 5.32 Å². The van der Waals surface area contributed by atoms with Crippen molar-refractivity contribution in [2.45, 2.75) is 37.5 Å². The molecule has 0 bridgehead atoms. The summed E-state index contributed by atoms with van der Waals surface area (Å²) in [5.74, 6) is -9.94. The van der Waals surface area contributed by atoms with Crippen molar-refractivity contribution >= 4 is 29.0 Å². The number of rotatable bonds is 7. The smallest absolute Gasteiger partial charge is 0.235 e. The standard InChI is InChI=1S/C28H35N3O9/c1-31(2)21-16-7-13-6-15-19(17(32)8-14(24(15)39-3)10-30-9-12-4-5-40-11-12)22(33)18(13)25(35)28(16,38)26(36)20(23(21)34)27(29)37/h8,12-13,16,18,20-21,30,32,38H,4-7,9-11H2,1-3H3,(H2,29,37)/t12?,13-,16-,18?,20?,21-,28-/m0/s1. The first-order valence-electron chi connectivity index (χ1n) is 13.5. The zero-order chi connectivity index (χ0) is 29.1. The number of hydrogen-bond acceptors (Lipinski definition) is 11. The summed E-state index contributed by atoms with van der Waals surface area (Å²) in [5, 5.41) is 25.9. The van der Waals surface area contributed by atoms with Crippen LogP contribution in [0.4, 0.5) is 0 Å². The number of ketones is 4. The monoisotopic (exact) mass is 557 g/mol. The van der Waals surface area contributed by atoms with Crippen molar-refractivity contribution in [3.05, 3.63) is 22.8 Å². The number of carbonyl (C=O) groups excluding carboxylic acids is 5. The second kappa shape index (κ2) is 10.3. The fourth-order valence-corrected chi connectivity index (χ4v) is 7.26. The molecule has 12 nitrogen and oxygen atoms in total. The minimum absolute atomic E-state index is 0.0159. The number of phenols is 1. The van der Waals surface area contributed by atoms with Crippen LogP contribution < -0.4 is 15.8 Å². The van der Waals surface area contributed by atoms with Gasteiger partial charge in [-0.15, -0.1) is 0 Å². The molecule has 1 heterocycles. The number of benzene rings is 1. The minimum Gasteiger partial charge on any atom is -0.507 e. The third-order valence-corrected chi connectivity index (χ3v) is 9.07. The predicted molar refractivity (Wildman–Crippen MR) is 139 cm³/mol. The lowest BCUT2D eigenvalue weighted by molar-refractivity contribution is -0.181. The molecule has 1 aromatic rings. The van der Waals surface area contributed by atoms with E-state index >= 15 is 0 Å². The molecule has 216 valence electrons. The highest BCUT2D eigenvalue weighted by molar-refractivity contribution is 6.32. The first kappa shape index (κ1) is 28.3. The molecule has 0 aromatic heterocycles. The van der Waals surface area contributed by atoms with E-state index in [1.165, 1.54) is 18.1 Å². The summed E-state index contributed by atoms with van der Waals surface area (Å²) >= 11 is 0. The summed E-state index contributed by atoms with van der Waals surface area (Å²) < 4.78 is 11.1. The number of ether oxygens (including phenoxy) is 2. The van der Waals surface area contributed by atoms with Gasteiger partial charge in [0.2, 0.25) is 5.91 Å². The van der Waals surface area contributed by atoms with Crippen LogP contribution in [0, 0.1) is 29.6 Å². The second-order valence-electron chi connectivity index (χ2n) is 11.6. The summed E-state index contributed by atoms with van der Waals surface area (Å²) in [6.07, 6.45) is 1.09. The Labute approximate surface area is 231 Å². The molecular weight excluding hydrogens is 522 g/mol. The highest BCUT2D eigenvalue weighted by atomic mass is 16.5. The lowest BCUT2D eigenvalue weighted by atomic mass is 9.52. The average molecular weight is 558 g/mol. The number of likely N-dealkylation sites (N-methyl/N-ethyl adjacent to an activating group) is 1. The summed E-state index contributed by atoms with van der Waals surface area (Å²) in [7, 11) is 4.56. The summed E-state index contributed by atoms with van der Waals surface area (Å²) in [6.45, 7) is 2.48. The second-order valence-corrected chi connectivity index (χ2v) is 11.6. The third kappa shape index (κ3) is 4.16. The SMILES string of the molecule is COc1c(CNCC2CCOC2)cc(O)c2c1C[C@H]1C[C@H]3[C@H](N(C)C)C(=O)C(C(N)=O)C(=O)[C@@]3(O)C(=O)C1C2=O. The number of aliphatic hydroxyl groups is 1. The number of fused-ring (bicyclic) bond motifs is 3. The molecule has 1 aliphatic heterocycles. The normalized spacial score (nSPS) is 33.5. The highest BCUT2D eigenvalue weighted by Gasteiger charge is 2.69. The van der Waals surface area contributed by atoms with Crippen LogP contribution in [0.25, 0.3) is 0 Å². The number of primary amides is 1. The summed E-state index contributed by atoms with van der Waals surface area (Å²) in [6, 6.07) is 0.279. The number of amides is 1. The quantitative estimate of drug-likeness (QED) is 0.301. The topological polar surface area (TPSA) is 186 Å². The van der Waals surface area contributed by atoms with E-state index in [0.29, 0.717) is 42.5 Å². The maximum atomic E-state index is 13.9. The number of nitrogens with zero attached hydrogens (tertiary/aromatic N) is 1. The molecule has 0 radical (unpaired) electrons. The maximum absolute atomic E-state index is 13.9. The van der Waals surface area contributed by atoms with E-state index in [9.17, 15) is 34.2 Å². The molecule has 1 amide bonds. The Morgan fingerprint density at radius 2 is 1.98 bits per heavy atom. The largest absolute Gasteiger partial charge is 0.507 e. The fraction of sp³-hybridized carbons (Fsp3) is 0.607. The molecule has 3 aliphatic carbocycles. The van der Waals surface area contributed by atoms with Crippen molar-refractivity contribution in [2.75, 3.05) is 41.0 Å². The molecule has 5 rings (SSSR count). The number of hydrogen-bond donors (Lipinski definition) is 4. The van der Waals surface area contributed by atoms with Crippen molar-refractivity contribution in [2.24, 2.45) is 35.3 Å². The van der Waals surface area contributed by atoms with Gasteiger partial charge in [0.15, 0.2) is 34.7 Å². The first-order valence-corrected chi connectivity index (χ1v) is 13.5. The van der Waals surface area contributed by atoms with Crippen molar-refractivity contribution in [3.8, 4) is 11.5 Å². The van der Waals surface area contributed by atoms with Crippen LogP contribution in [0.1, 0.15) is 34.3 Å². The van der Waals surface area contributed by atoms with Gasteiger partial charge < -0.3 is 30.7 Å². The van der Waals surface area contributed by atoms with Crippen LogP contribution in [0.5, 0.6) is 11.5 Å². The zero-order valence-electron chi connectivity index (χ0n) is 22.8. The Balaban J connectivity index is 1.52. The Bertz CT molecular complexity index is 1290. The number of phenolic OH excluding ortho intramolecular Hbond substituents is 1. The van der Waals surface area contributed by atoms with E-state index in [-0.39, 0.29) is 24.2 Å². The molecule has 1 aromatic carbocycles. The van der Waals surface area contributed by atoms with Crippen LogP contribution in [0.3, 0.4) is 0 Å². The molecular formula is C28H35N3O9. The van der Waals surface area contributed by atoms with Crippen LogP contribution in [0.2, 0.25) is 0 Å². The van der Waals surface area contributed by atoms with Gasteiger partial charge in [0.05, 0.1) is 31.2 Å². The Morgan fingerprint density at radius 1 is 1.25 bits per heavy atom. The van der Waals surface area contributed by atoms with Gasteiger partial charge in [-0.25, -0.2) is 0 Å². The number of methoxy groups -OCH3 is 1. The van der Waals surface area contributed by atoms with Crippen molar-refractivity contribution in [3.63, 3.8) is 0 Å². The summed E-state index contributed by atoms with van der Waals surface area (Å²) in [4.78, 5) is 67.8. The average Bonchev–Trinajstić information content (AvgIpc) is 3.39. The van der Waals surface area contributed by atoms with Gasteiger partial charge in [-0.05, 0) is 51.3 Å². The molecule has 12 heteroatoms.